The van der Waals surface area contributed by atoms with E-state index in [1.165, 1.54) is 0 Å². The van der Waals surface area contributed by atoms with E-state index in [9.17, 15) is 0 Å². The van der Waals surface area contributed by atoms with Gasteiger partial charge in [0.2, 0.25) is 0 Å². The van der Waals surface area contributed by atoms with E-state index in [0.29, 0.717) is 6.42 Å². The highest BCUT2D eigenvalue weighted by Crippen LogP contribution is 2.03. The molecule has 0 aromatic carbocycles. The Morgan fingerprint density at radius 2 is 1.92 bits per heavy atom. The molecule has 0 atom stereocenters. The maximum absolute atomic E-state index is 8.63. The summed E-state index contributed by atoms with van der Waals surface area (Å²) in [6.07, 6.45) is 3.24. The molecule has 0 saturated heterocycles. The van der Waals surface area contributed by atoms with Crippen LogP contribution in [0.3, 0.4) is 0 Å². The minimum atomic E-state index is -3.77. The third-order valence-corrected chi connectivity index (χ3v) is 2.43. The normalized spacial score (nSPS) is 11.6. The van der Waals surface area contributed by atoms with Gasteiger partial charge in [0.25, 0.3) is 0 Å². The summed E-state index contributed by atoms with van der Waals surface area (Å²) in [6, 6.07) is 0.128. The van der Waals surface area contributed by atoms with E-state index >= 15 is 0 Å². The number of hydrogen-bond acceptors (Lipinski definition) is 4. The lowest BCUT2D eigenvalue weighted by atomic mass is 10.3. The van der Waals surface area contributed by atoms with Crippen molar-refractivity contribution in [3.8, 4) is 0 Å². The molecule has 0 aromatic rings. The molecule has 0 spiro atoms. The first-order valence-corrected chi connectivity index (χ1v) is 6.10. The predicted octanol–water partition coefficient (Wildman–Crippen LogP) is -0.542. The Labute approximate surface area is 73.9 Å². The van der Waals surface area contributed by atoms with Crippen molar-refractivity contribution in [1.29, 1.82) is 0 Å². The number of nitrogens with one attached hydrogen (secondary N) is 1. The molecule has 0 fully saturated rings. The zero-order valence-corrected chi connectivity index (χ0v) is 8.16. The first-order chi connectivity index (χ1) is 5.56. The summed E-state index contributed by atoms with van der Waals surface area (Å²) < 4.78 is 0. The molecule has 4 N–H and O–H groups in total. The Bertz CT molecular complexity index is 124. The van der Waals surface area contributed by atoms with Crippen LogP contribution in [0.5, 0.6) is 0 Å². The summed E-state index contributed by atoms with van der Waals surface area (Å²) in [5, 5.41) is 3.07. The van der Waals surface area contributed by atoms with Crippen molar-refractivity contribution in [2.45, 2.75) is 18.9 Å². The van der Waals surface area contributed by atoms with Gasteiger partial charge in [-0.3, -0.25) is 0 Å². The molecule has 0 bridgehead atoms. The second kappa shape index (κ2) is 6.33. The molecule has 5 heteroatoms. The van der Waals surface area contributed by atoms with Crippen LogP contribution in [0.4, 0.5) is 0 Å². The van der Waals surface area contributed by atoms with Gasteiger partial charge in [0.05, 0.1) is 0 Å². The Morgan fingerprint density at radius 1 is 1.25 bits per heavy atom. The standard InChI is InChI=1S/C7H17NO3Si/c1-2-5-8-6-3-4-7-12(9,10)11/h2,8-11H,1,3-7H2. The molecule has 12 heavy (non-hydrogen) atoms. The number of rotatable bonds is 7. The van der Waals surface area contributed by atoms with Gasteiger partial charge in [0.15, 0.2) is 0 Å². The topological polar surface area (TPSA) is 72.7 Å². The van der Waals surface area contributed by atoms with Gasteiger partial charge in [-0.1, -0.05) is 6.08 Å². The van der Waals surface area contributed by atoms with Gasteiger partial charge in [0, 0.05) is 12.6 Å². The van der Waals surface area contributed by atoms with Gasteiger partial charge in [-0.15, -0.1) is 6.58 Å². The largest absolute Gasteiger partial charge is 0.492 e. The molecule has 0 aromatic heterocycles. The lowest BCUT2D eigenvalue weighted by Gasteiger charge is -2.08. The minimum Gasteiger partial charge on any atom is -0.390 e. The number of hydrogen-bond donors (Lipinski definition) is 4. The van der Waals surface area contributed by atoms with E-state index in [1.54, 1.807) is 6.08 Å². The molecule has 0 unspecified atom stereocenters. The third-order valence-electron chi connectivity index (χ3n) is 1.40. The van der Waals surface area contributed by atoms with E-state index in [1.807, 2.05) is 0 Å². The first kappa shape index (κ1) is 11.8. The highest BCUT2D eigenvalue weighted by molar-refractivity contribution is 6.56. The highest BCUT2D eigenvalue weighted by atomic mass is 28.4. The fraction of sp³-hybridized carbons (Fsp3) is 0.714. The van der Waals surface area contributed by atoms with Crippen molar-refractivity contribution >= 4 is 8.80 Å². The maximum atomic E-state index is 8.63. The smallest absolute Gasteiger partial charge is 0.390 e. The summed E-state index contributed by atoms with van der Waals surface area (Å²) in [7, 11) is -3.77. The van der Waals surface area contributed by atoms with E-state index in [0.717, 1.165) is 19.5 Å². The fourth-order valence-corrected chi connectivity index (χ4v) is 1.54. The molecule has 0 amide bonds. The summed E-state index contributed by atoms with van der Waals surface area (Å²) in [6.45, 7) is 5.12. The monoisotopic (exact) mass is 191 g/mol. The molecule has 0 aliphatic carbocycles. The molecule has 0 radical (unpaired) electrons. The highest BCUT2D eigenvalue weighted by Gasteiger charge is 2.25. The zero-order valence-electron chi connectivity index (χ0n) is 7.16. The minimum absolute atomic E-state index is 0.128. The van der Waals surface area contributed by atoms with Crippen molar-refractivity contribution in [2.75, 3.05) is 13.1 Å². The van der Waals surface area contributed by atoms with Crippen LogP contribution in [0, 0.1) is 0 Å². The zero-order chi connectivity index (χ0) is 9.45. The van der Waals surface area contributed by atoms with Crippen molar-refractivity contribution in [1.82, 2.24) is 5.32 Å². The molecule has 0 heterocycles. The SMILES string of the molecule is C=CCNCCCC[Si](O)(O)O. The summed E-state index contributed by atoms with van der Waals surface area (Å²) >= 11 is 0. The predicted molar refractivity (Wildman–Crippen MR) is 49.5 cm³/mol. The molecule has 72 valence electrons. The first-order valence-electron chi connectivity index (χ1n) is 4.05. The van der Waals surface area contributed by atoms with Gasteiger partial charge in [-0.05, 0) is 19.4 Å². The quantitative estimate of drug-likeness (QED) is 0.248. The molecule has 4 nitrogen and oxygen atoms in total. The molecule has 0 aliphatic heterocycles. The lowest BCUT2D eigenvalue weighted by Crippen LogP contribution is -2.34. The van der Waals surface area contributed by atoms with Crippen LogP contribution in [0.2, 0.25) is 6.04 Å². The van der Waals surface area contributed by atoms with Crippen LogP contribution < -0.4 is 5.32 Å². The van der Waals surface area contributed by atoms with Gasteiger partial charge in [0.1, 0.15) is 0 Å². The van der Waals surface area contributed by atoms with Gasteiger partial charge in [-0.25, -0.2) is 0 Å². The van der Waals surface area contributed by atoms with Crippen LogP contribution in [0.25, 0.3) is 0 Å². The van der Waals surface area contributed by atoms with E-state index < -0.39 is 8.80 Å². The van der Waals surface area contributed by atoms with Crippen molar-refractivity contribution in [3.63, 3.8) is 0 Å². The molecular formula is C7H17NO3Si. The van der Waals surface area contributed by atoms with Crippen LogP contribution in [-0.4, -0.2) is 36.3 Å². The second-order valence-corrected chi connectivity index (χ2v) is 4.77. The fourth-order valence-electron chi connectivity index (χ4n) is 0.816. The van der Waals surface area contributed by atoms with Gasteiger partial charge < -0.3 is 19.7 Å². The Kier molecular flexibility index (Phi) is 6.22. The Hall–Kier alpha value is -0.203. The molecule has 0 aliphatic rings. The van der Waals surface area contributed by atoms with Crippen LogP contribution >= 0.6 is 0 Å². The molecular weight excluding hydrogens is 174 g/mol. The summed E-state index contributed by atoms with van der Waals surface area (Å²) in [5.41, 5.74) is 0. The average molecular weight is 191 g/mol. The van der Waals surface area contributed by atoms with Crippen molar-refractivity contribution in [3.05, 3.63) is 12.7 Å². The van der Waals surface area contributed by atoms with Gasteiger partial charge in [-0.2, -0.15) is 0 Å². The second-order valence-electron chi connectivity index (χ2n) is 2.72. The van der Waals surface area contributed by atoms with Crippen LogP contribution in [-0.2, 0) is 0 Å². The van der Waals surface area contributed by atoms with E-state index in [2.05, 4.69) is 11.9 Å². The lowest BCUT2D eigenvalue weighted by molar-refractivity contribution is 0.226. The average Bonchev–Trinajstić information content (AvgIpc) is 1.94. The van der Waals surface area contributed by atoms with Crippen molar-refractivity contribution < 1.29 is 14.4 Å². The molecule has 0 saturated carbocycles. The summed E-state index contributed by atoms with van der Waals surface area (Å²) in [5.74, 6) is 0. The third kappa shape index (κ3) is 9.80. The Morgan fingerprint density at radius 3 is 2.42 bits per heavy atom. The van der Waals surface area contributed by atoms with Crippen LogP contribution in [0.15, 0.2) is 12.7 Å². The summed E-state index contributed by atoms with van der Waals surface area (Å²) in [4.78, 5) is 25.9. The van der Waals surface area contributed by atoms with Gasteiger partial charge >= 0.3 is 8.80 Å². The maximum Gasteiger partial charge on any atom is 0.492 e. The van der Waals surface area contributed by atoms with Crippen molar-refractivity contribution in [2.24, 2.45) is 0 Å². The Balaban J connectivity index is 3.06. The van der Waals surface area contributed by atoms with Crippen LogP contribution in [0.1, 0.15) is 12.8 Å². The van der Waals surface area contributed by atoms with E-state index in [-0.39, 0.29) is 6.04 Å². The van der Waals surface area contributed by atoms with E-state index in [4.69, 9.17) is 14.4 Å². The molecule has 0 rings (SSSR count). The number of unbranched alkanes of at least 4 members (excludes halogenated alkanes) is 1.